The molecular weight excluding hydrogens is 208 g/mol. The lowest BCUT2D eigenvalue weighted by Crippen LogP contribution is -2.20. The van der Waals surface area contributed by atoms with E-state index in [2.05, 4.69) is 39.6 Å². The number of imidazole rings is 1. The van der Waals surface area contributed by atoms with Gasteiger partial charge in [-0.3, -0.25) is 0 Å². The summed E-state index contributed by atoms with van der Waals surface area (Å²) in [4.78, 5) is 8.39. The minimum atomic E-state index is 0.360. The highest BCUT2D eigenvalue weighted by Crippen LogP contribution is 2.32. The number of fused-ring (bicyclic) bond motifs is 1. The van der Waals surface area contributed by atoms with E-state index in [1.54, 1.807) is 0 Å². The van der Waals surface area contributed by atoms with Crippen LogP contribution in [0, 0.1) is 11.3 Å². The van der Waals surface area contributed by atoms with Gasteiger partial charge >= 0.3 is 0 Å². The van der Waals surface area contributed by atoms with Crippen LogP contribution in [0.3, 0.4) is 0 Å². The van der Waals surface area contributed by atoms with Crippen molar-refractivity contribution in [2.24, 2.45) is 11.3 Å². The second-order valence-corrected chi connectivity index (χ2v) is 6.81. The van der Waals surface area contributed by atoms with Crippen molar-refractivity contribution in [3.05, 3.63) is 17.2 Å². The Morgan fingerprint density at radius 2 is 2.12 bits per heavy atom. The van der Waals surface area contributed by atoms with E-state index < -0.39 is 0 Å². The van der Waals surface area contributed by atoms with Crippen molar-refractivity contribution in [1.82, 2.24) is 9.97 Å². The lowest BCUT2D eigenvalue weighted by molar-refractivity contribution is 0.257. The third-order valence-corrected chi connectivity index (χ3v) is 4.37. The first-order valence-corrected chi connectivity index (χ1v) is 6.95. The van der Waals surface area contributed by atoms with Gasteiger partial charge in [0.1, 0.15) is 5.82 Å². The fourth-order valence-electron chi connectivity index (χ4n) is 2.49. The van der Waals surface area contributed by atoms with Crippen molar-refractivity contribution in [2.75, 3.05) is 0 Å². The van der Waals surface area contributed by atoms with E-state index in [0.29, 0.717) is 17.3 Å². The Balaban J connectivity index is 2.13. The molecule has 0 radical (unpaired) electrons. The predicted octanol–water partition coefficient (Wildman–Crippen LogP) is 4.07. The van der Waals surface area contributed by atoms with Gasteiger partial charge in [0.05, 0.1) is 5.69 Å². The van der Waals surface area contributed by atoms with Gasteiger partial charge in [-0.25, -0.2) is 4.98 Å². The van der Waals surface area contributed by atoms with Gasteiger partial charge in [-0.2, -0.15) is 0 Å². The lowest BCUT2D eigenvalue weighted by atomic mass is 9.80. The Hall–Kier alpha value is -0.790. The number of nitrogens with zero attached hydrogens (tertiary/aromatic N) is 1. The summed E-state index contributed by atoms with van der Waals surface area (Å²) in [7, 11) is 0. The molecule has 2 heteroatoms. The molecule has 0 aliphatic heterocycles. The van der Waals surface area contributed by atoms with Crippen LogP contribution < -0.4 is 0 Å². The van der Waals surface area contributed by atoms with Gasteiger partial charge in [0.2, 0.25) is 0 Å². The van der Waals surface area contributed by atoms with Gasteiger partial charge in [0, 0.05) is 18.0 Å². The van der Waals surface area contributed by atoms with Crippen LogP contribution in [0.15, 0.2) is 0 Å². The van der Waals surface area contributed by atoms with Crippen molar-refractivity contribution in [3.8, 4) is 0 Å². The molecule has 0 saturated heterocycles. The standard InChI is InChI=1S/C15H26N2/c1-10-7-6-8-12-14(10)17-13(16-12)9-11(2)15(3,4)5/h10-11H,6-9H2,1-5H3,(H,16,17). The number of H-pyrrole nitrogens is 1. The molecule has 1 aromatic heterocycles. The molecule has 1 N–H and O–H groups in total. The molecule has 1 aliphatic rings. The maximum Gasteiger partial charge on any atom is 0.106 e. The molecule has 1 heterocycles. The molecule has 0 fully saturated rings. The zero-order valence-electron chi connectivity index (χ0n) is 11.9. The van der Waals surface area contributed by atoms with Gasteiger partial charge in [-0.15, -0.1) is 0 Å². The minimum absolute atomic E-state index is 0.360. The van der Waals surface area contributed by atoms with E-state index in [9.17, 15) is 0 Å². The normalized spacial score (nSPS) is 22.3. The summed E-state index contributed by atoms with van der Waals surface area (Å²) in [5.41, 5.74) is 3.10. The zero-order valence-corrected chi connectivity index (χ0v) is 11.9. The van der Waals surface area contributed by atoms with E-state index in [1.807, 2.05) is 0 Å². The fourth-order valence-corrected chi connectivity index (χ4v) is 2.49. The SMILES string of the molecule is CC1CCCc2[nH]c(CC(C)C(C)(C)C)nc21. The summed E-state index contributed by atoms with van der Waals surface area (Å²) in [6.07, 6.45) is 4.87. The second-order valence-electron chi connectivity index (χ2n) is 6.81. The van der Waals surface area contributed by atoms with Crippen molar-refractivity contribution in [3.63, 3.8) is 0 Å². The summed E-state index contributed by atoms with van der Waals surface area (Å²) in [6.45, 7) is 11.6. The van der Waals surface area contributed by atoms with Gasteiger partial charge in [-0.05, 0) is 30.6 Å². The maximum atomic E-state index is 4.83. The van der Waals surface area contributed by atoms with Crippen molar-refractivity contribution in [2.45, 2.75) is 66.2 Å². The average molecular weight is 234 g/mol. The summed E-state index contributed by atoms with van der Waals surface area (Å²) in [5.74, 6) is 2.50. The average Bonchev–Trinajstić information content (AvgIpc) is 2.60. The van der Waals surface area contributed by atoms with E-state index in [-0.39, 0.29) is 0 Å². The molecule has 2 rings (SSSR count). The van der Waals surface area contributed by atoms with E-state index in [1.165, 1.54) is 36.5 Å². The van der Waals surface area contributed by atoms with Crippen LogP contribution in [0.5, 0.6) is 0 Å². The number of aromatic nitrogens is 2. The quantitative estimate of drug-likeness (QED) is 0.821. The minimum Gasteiger partial charge on any atom is -0.346 e. The molecule has 1 aromatic rings. The maximum absolute atomic E-state index is 4.83. The number of aromatic amines is 1. The van der Waals surface area contributed by atoms with Crippen LogP contribution in [0.4, 0.5) is 0 Å². The third kappa shape index (κ3) is 2.72. The molecular formula is C15H26N2. The highest BCUT2D eigenvalue weighted by Gasteiger charge is 2.24. The van der Waals surface area contributed by atoms with Gasteiger partial charge < -0.3 is 4.98 Å². The molecule has 0 spiro atoms. The zero-order chi connectivity index (χ0) is 12.6. The van der Waals surface area contributed by atoms with Gasteiger partial charge in [-0.1, -0.05) is 34.6 Å². The first-order valence-electron chi connectivity index (χ1n) is 6.95. The molecule has 2 unspecified atom stereocenters. The Kier molecular flexibility index (Phi) is 3.33. The number of aryl methyl sites for hydroxylation is 1. The molecule has 0 amide bonds. The van der Waals surface area contributed by atoms with Crippen LogP contribution >= 0.6 is 0 Å². The lowest BCUT2D eigenvalue weighted by Gasteiger charge is -2.26. The largest absolute Gasteiger partial charge is 0.346 e. The number of nitrogens with one attached hydrogen (secondary N) is 1. The topological polar surface area (TPSA) is 28.7 Å². The first-order chi connectivity index (χ1) is 7.88. The smallest absolute Gasteiger partial charge is 0.106 e. The van der Waals surface area contributed by atoms with Crippen LogP contribution in [0.1, 0.15) is 70.6 Å². The number of hydrogen-bond donors (Lipinski definition) is 1. The second kappa shape index (κ2) is 4.47. The molecule has 17 heavy (non-hydrogen) atoms. The summed E-state index contributed by atoms with van der Waals surface area (Å²) < 4.78 is 0. The molecule has 0 saturated carbocycles. The highest BCUT2D eigenvalue weighted by molar-refractivity contribution is 5.21. The van der Waals surface area contributed by atoms with E-state index in [0.717, 1.165) is 6.42 Å². The molecule has 96 valence electrons. The van der Waals surface area contributed by atoms with Crippen LogP contribution in [-0.4, -0.2) is 9.97 Å². The Morgan fingerprint density at radius 3 is 2.71 bits per heavy atom. The van der Waals surface area contributed by atoms with E-state index >= 15 is 0 Å². The van der Waals surface area contributed by atoms with Gasteiger partial charge in [0.15, 0.2) is 0 Å². The summed E-state index contributed by atoms with van der Waals surface area (Å²) in [5, 5.41) is 0. The molecule has 0 aromatic carbocycles. The van der Waals surface area contributed by atoms with Crippen LogP contribution in [0.25, 0.3) is 0 Å². The number of rotatable bonds is 2. The van der Waals surface area contributed by atoms with Crippen LogP contribution in [0.2, 0.25) is 0 Å². The summed E-state index contributed by atoms with van der Waals surface area (Å²) >= 11 is 0. The van der Waals surface area contributed by atoms with Crippen molar-refractivity contribution < 1.29 is 0 Å². The third-order valence-electron chi connectivity index (χ3n) is 4.37. The highest BCUT2D eigenvalue weighted by atomic mass is 14.9. The fraction of sp³-hybridized carbons (Fsp3) is 0.800. The Labute approximate surface area is 105 Å². The Bertz CT molecular complexity index is 384. The number of hydrogen-bond acceptors (Lipinski definition) is 1. The van der Waals surface area contributed by atoms with Gasteiger partial charge in [0.25, 0.3) is 0 Å². The van der Waals surface area contributed by atoms with Crippen molar-refractivity contribution in [1.29, 1.82) is 0 Å². The molecule has 0 bridgehead atoms. The predicted molar refractivity (Wildman–Crippen MR) is 72.3 cm³/mol. The molecule has 2 atom stereocenters. The monoisotopic (exact) mass is 234 g/mol. The Morgan fingerprint density at radius 1 is 1.41 bits per heavy atom. The summed E-state index contributed by atoms with van der Waals surface area (Å²) in [6, 6.07) is 0. The molecule has 2 nitrogen and oxygen atoms in total. The molecule has 1 aliphatic carbocycles. The van der Waals surface area contributed by atoms with Crippen molar-refractivity contribution >= 4 is 0 Å². The first kappa shape index (κ1) is 12.7. The van der Waals surface area contributed by atoms with E-state index in [4.69, 9.17) is 4.98 Å². The van der Waals surface area contributed by atoms with Crippen LogP contribution in [-0.2, 0) is 12.8 Å².